The quantitative estimate of drug-likeness (QED) is 0.0240. The fourth-order valence-corrected chi connectivity index (χ4v) is 10.2. The van der Waals surface area contributed by atoms with E-state index in [9.17, 15) is 51.0 Å². The lowest BCUT2D eigenvalue weighted by atomic mass is 10.1. The molecule has 0 spiro atoms. The van der Waals surface area contributed by atoms with E-state index in [0.29, 0.717) is 16.0 Å². The van der Waals surface area contributed by atoms with Crippen molar-refractivity contribution in [1.29, 1.82) is 5.26 Å². The highest BCUT2D eigenvalue weighted by molar-refractivity contribution is 7.92. The van der Waals surface area contributed by atoms with E-state index >= 15 is 0 Å². The summed E-state index contributed by atoms with van der Waals surface area (Å²) in [6.07, 6.45) is -0.524. The monoisotopic (exact) mass is 1050 g/mol. The SMILES string of the molecule is CC(=O)Oc1ccc(C(=O)NCCCOc2ccc(-c3ccc(S(=O)(=O)NCP(=O)(O)Oc4ccc(C#N)c(F)c4)s3)c(C)c2OCCCNC(=O)c2ccc(OC(C)=O)c(OC(C)=O)c2)cc1OC(C)=O. The molecule has 5 aromatic rings. The number of carbonyl (C=O) groups excluding carboxylic acids is 6. The topological polar surface area (TPSA) is 298 Å². The number of halogens is 1. The number of hydrogen-bond acceptors (Lipinski definition) is 18. The minimum Gasteiger partial charge on any atom is -0.490 e. The highest BCUT2D eigenvalue weighted by Gasteiger charge is 2.28. The minimum absolute atomic E-state index is 0.0268. The second-order valence-electron chi connectivity index (χ2n) is 15.1. The van der Waals surface area contributed by atoms with Crippen molar-refractivity contribution in [3.8, 4) is 56.8 Å². The first-order valence-corrected chi connectivity index (χ1v) is 25.4. The molecule has 1 heterocycles. The largest absolute Gasteiger partial charge is 0.490 e. The molecule has 21 nitrogen and oxygen atoms in total. The lowest BCUT2D eigenvalue weighted by molar-refractivity contribution is -0.134. The molecule has 0 fully saturated rings. The molecule has 1 unspecified atom stereocenters. The summed E-state index contributed by atoms with van der Waals surface area (Å²) in [4.78, 5) is 83.1. The Morgan fingerprint density at radius 2 is 1.21 bits per heavy atom. The second-order valence-corrected chi connectivity index (χ2v) is 19.9. The van der Waals surface area contributed by atoms with Crippen molar-refractivity contribution in [2.45, 2.75) is 51.7 Å². The maximum Gasteiger partial charge on any atom is 0.391 e. The maximum absolute atomic E-state index is 14.0. The number of benzene rings is 4. The van der Waals surface area contributed by atoms with Crippen LogP contribution in [0.2, 0.25) is 0 Å². The average molecular weight is 1050 g/mol. The number of esters is 4. The van der Waals surface area contributed by atoms with Crippen LogP contribution in [0.5, 0.6) is 40.2 Å². The van der Waals surface area contributed by atoms with Crippen molar-refractivity contribution in [1.82, 2.24) is 15.4 Å². The molecular weight excluding hydrogens is 1010 g/mol. The van der Waals surface area contributed by atoms with Crippen LogP contribution >= 0.6 is 18.9 Å². The first kappa shape index (κ1) is 55.2. The number of ether oxygens (including phenoxy) is 6. The van der Waals surface area contributed by atoms with E-state index in [0.717, 1.165) is 50.3 Å². The zero-order chi connectivity index (χ0) is 52.8. The van der Waals surface area contributed by atoms with Crippen molar-refractivity contribution in [3.63, 3.8) is 0 Å². The van der Waals surface area contributed by atoms with Crippen LogP contribution in [0.3, 0.4) is 0 Å². The van der Waals surface area contributed by atoms with Crippen molar-refractivity contribution < 1.29 is 84.0 Å². The number of rotatable bonds is 23. The number of hydrogen-bond donors (Lipinski definition) is 4. The Bertz CT molecular complexity index is 3100. The lowest BCUT2D eigenvalue weighted by Crippen LogP contribution is -2.26. The molecular formula is C47H46FN4O17PS2. The summed E-state index contributed by atoms with van der Waals surface area (Å²) < 4.78 is 92.9. The first-order chi connectivity index (χ1) is 34.0. The average Bonchev–Trinajstić information content (AvgIpc) is 3.81. The van der Waals surface area contributed by atoms with Gasteiger partial charge >= 0.3 is 31.5 Å². The van der Waals surface area contributed by atoms with Gasteiger partial charge in [0.15, 0.2) is 34.5 Å². The number of nitrogens with one attached hydrogen (secondary N) is 3. The molecule has 0 aliphatic carbocycles. The Labute approximate surface area is 415 Å². The van der Waals surface area contributed by atoms with E-state index in [1.54, 1.807) is 25.1 Å². The van der Waals surface area contributed by atoms with Crippen molar-refractivity contribution in [3.05, 3.63) is 107 Å². The predicted molar refractivity (Wildman–Crippen MR) is 254 cm³/mol. The van der Waals surface area contributed by atoms with E-state index in [1.165, 1.54) is 55.5 Å². The molecule has 380 valence electrons. The van der Waals surface area contributed by atoms with Crippen molar-refractivity contribution >= 4 is 64.6 Å². The van der Waals surface area contributed by atoms with Gasteiger partial charge in [0.05, 0.1) is 18.8 Å². The lowest BCUT2D eigenvalue weighted by Gasteiger charge is -2.18. The molecule has 0 aliphatic heterocycles. The van der Waals surface area contributed by atoms with E-state index in [-0.39, 0.29) is 94.5 Å². The number of sulfonamides is 1. The normalized spacial score (nSPS) is 11.8. The third kappa shape index (κ3) is 15.9. The van der Waals surface area contributed by atoms with E-state index in [1.807, 2.05) is 4.72 Å². The molecule has 0 saturated carbocycles. The van der Waals surface area contributed by atoms with Crippen LogP contribution in [-0.2, 0) is 33.8 Å². The van der Waals surface area contributed by atoms with Gasteiger partial charge in [-0.3, -0.25) is 28.8 Å². The van der Waals surface area contributed by atoms with Gasteiger partial charge in [0.25, 0.3) is 21.8 Å². The van der Waals surface area contributed by atoms with Gasteiger partial charge in [-0.25, -0.2) is 17.4 Å². The Morgan fingerprint density at radius 3 is 1.72 bits per heavy atom. The smallest absolute Gasteiger partial charge is 0.391 e. The Balaban J connectivity index is 1.28. The number of nitriles is 1. The molecule has 0 aliphatic rings. The molecule has 5 rings (SSSR count). The fraction of sp³-hybridized carbons (Fsp3) is 0.255. The van der Waals surface area contributed by atoms with E-state index in [2.05, 4.69) is 10.6 Å². The van der Waals surface area contributed by atoms with Crippen LogP contribution < -0.4 is 48.3 Å². The van der Waals surface area contributed by atoms with E-state index < -0.39 is 71.2 Å². The summed E-state index contributed by atoms with van der Waals surface area (Å²) >= 11 is 0.830. The predicted octanol–water partition coefficient (Wildman–Crippen LogP) is 6.33. The van der Waals surface area contributed by atoms with Gasteiger partial charge in [-0.1, -0.05) is 0 Å². The third-order valence-electron chi connectivity index (χ3n) is 9.39. The first-order valence-electron chi connectivity index (χ1n) is 21.3. The molecule has 25 heteroatoms. The molecule has 2 amide bonds. The van der Waals surface area contributed by atoms with Crippen LogP contribution in [-0.4, -0.2) is 81.6 Å². The van der Waals surface area contributed by atoms with Crippen LogP contribution in [0.4, 0.5) is 4.39 Å². The zero-order valence-electron chi connectivity index (χ0n) is 39.0. The van der Waals surface area contributed by atoms with Gasteiger partial charge in [0.2, 0.25) is 0 Å². The van der Waals surface area contributed by atoms with Gasteiger partial charge in [0, 0.05) is 68.4 Å². The molecule has 72 heavy (non-hydrogen) atoms. The number of carbonyl (C=O) groups is 6. The highest BCUT2D eigenvalue weighted by Crippen LogP contribution is 2.44. The standard InChI is InChI=1S/C47H46FN4O17PS2/c1-27-36(43-16-17-44(71-43)72(61,62)52-26-70(59,60)69-35-11-8-34(25-49)37(48)24-35)12-15-40(63-20-6-18-50-46(57)32-9-13-38(65-28(2)53)41(22-32)67-30(4)55)45(27)64-21-7-19-51-47(58)33-10-14-39(66-29(3)54)42(23-33)68-31(5)56/h8-17,22-24,52H,6-7,18-21,26H2,1-5H3,(H,50,57)(H,51,58)(H,59,60). The summed E-state index contributed by atoms with van der Waals surface area (Å²) in [7, 11) is -9.11. The molecule has 0 saturated heterocycles. The minimum atomic E-state index is -4.71. The molecule has 1 aromatic heterocycles. The van der Waals surface area contributed by atoms with Crippen LogP contribution in [0, 0.1) is 24.1 Å². The molecule has 0 radical (unpaired) electrons. The highest BCUT2D eigenvalue weighted by atomic mass is 32.2. The van der Waals surface area contributed by atoms with Crippen molar-refractivity contribution in [2.75, 3.05) is 32.6 Å². The summed E-state index contributed by atoms with van der Waals surface area (Å²) in [6.45, 7) is 6.65. The van der Waals surface area contributed by atoms with Gasteiger partial charge in [-0.15, -0.1) is 11.3 Å². The van der Waals surface area contributed by atoms with Crippen molar-refractivity contribution in [2.24, 2.45) is 0 Å². The van der Waals surface area contributed by atoms with E-state index in [4.69, 9.17) is 38.2 Å². The van der Waals surface area contributed by atoms with Gasteiger partial charge in [-0.2, -0.15) is 9.98 Å². The number of amides is 2. The molecule has 4 N–H and O–H groups in total. The van der Waals surface area contributed by atoms with Gasteiger partial charge in [0.1, 0.15) is 28.1 Å². The number of nitrogens with zero attached hydrogens (tertiary/aromatic N) is 1. The zero-order valence-corrected chi connectivity index (χ0v) is 41.6. The summed E-state index contributed by atoms with van der Waals surface area (Å²) in [5.41, 5.74) is 0.930. The van der Waals surface area contributed by atoms with Crippen LogP contribution in [0.15, 0.2) is 83.1 Å². The molecule has 1 atom stereocenters. The number of thiophene rings is 1. The maximum atomic E-state index is 14.0. The summed E-state index contributed by atoms with van der Waals surface area (Å²) in [6, 6.07) is 18.4. The van der Waals surface area contributed by atoms with Gasteiger partial charge < -0.3 is 48.5 Å². The molecule has 4 aromatic carbocycles. The fourth-order valence-electron chi connectivity index (χ4n) is 6.27. The Kier molecular flexibility index (Phi) is 19.1. The van der Waals surface area contributed by atoms with Crippen LogP contribution in [0.1, 0.15) is 72.4 Å². The Morgan fingerprint density at radius 1 is 0.694 bits per heavy atom. The van der Waals surface area contributed by atoms with Gasteiger partial charge in [-0.05, 0) is 98.1 Å². The molecule has 0 bridgehead atoms. The summed E-state index contributed by atoms with van der Waals surface area (Å²) in [5.74, 6) is -5.00. The second kappa shape index (κ2) is 24.9. The third-order valence-corrected chi connectivity index (χ3v) is 13.7. The summed E-state index contributed by atoms with van der Waals surface area (Å²) in [5, 5.41) is 14.4. The van der Waals surface area contributed by atoms with Crippen LogP contribution in [0.25, 0.3) is 10.4 Å². The Hall–Kier alpha value is -7.68.